The third-order valence-electron chi connectivity index (χ3n) is 2.60. The van der Waals surface area contributed by atoms with Gasteiger partial charge >= 0.3 is 0 Å². The van der Waals surface area contributed by atoms with Gasteiger partial charge in [0, 0.05) is 12.5 Å². The molecular formula is C13H14N4O2. The van der Waals surface area contributed by atoms with Gasteiger partial charge < -0.3 is 10.3 Å². The fraction of sp³-hybridized carbons (Fsp3) is 0.231. The molecule has 0 saturated carbocycles. The molecule has 6 nitrogen and oxygen atoms in total. The van der Waals surface area contributed by atoms with Gasteiger partial charge in [-0.25, -0.2) is 0 Å². The van der Waals surface area contributed by atoms with E-state index in [0.29, 0.717) is 5.82 Å². The monoisotopic (exact) mass is 258 g/mol. The van der Waals surface area contributed by atoms with Crippen LogP contribution >= 0.6 is 0 Å². The number of carbonyl (C=O) groups excluding carboxylic acids is 1. The Morgan fingerprint density at radius 3 is 2.53 bits per heavy atom. The summed E-state index contributed by atoms with van der Waals surface area (Å²) < 4.78 is 0. The number of hydrogen-bond donors (Lipinski definition) is 2. The minimum atomic E-state index is -0.474. The molecule has 1 aromatic heterocycles. The van der Waals surface area contributed by atoms with E-state index in [1.54, 1.807) is 6.92 Å². The van der Waals surface area contributed by atoms with Crippen molar-refractivity contribution in [3.8, 4) is 11.4 Å². The second-order valence-corrected chi connectivity index (χ2v) is 4.18. The zero-order chi connectivity index (χ0) is 13.8. The Morgan fingerprint density at radius 1 is 1.26 bits per heavy atom. The molecule has 1 atom stereocenters. The Hall–Kier alpha value is -2.50. The first-order valence-electron chi connectivity index (χ1n) is 5.87. The molecule has 98 valence electrons. The highest BCUT2D eigenvalue weighted by Gasteiger charge is 2.14. The average molecular weight is 258 g/mol. The highest BCUT2D eigenvalue weighted by Crippen LogP contribution is 2.11. The number of amides is 1. The third-order valence-corrected chi connectivity index (χ3v) is 2.60. The second kappa shape index (κ2) is 5.43. The van der Waals surface area contributed by atoms with Crippen LogP contribution in [0, 0.1) is 0 Å². The summed E-state index contributed by atoms with van der Waals surface area (Å²) in [6, 6.07) is 8.76. The Kier molecular flexibility index (Phi) is 3.70. The minimum Gasteiger partial charge on any atom is -0.348 e. The topological polar surface area (TPSA) is 87.7 Å². The van der Waals surface area contributed by atoms with Gasteiger partial charge in [0.05, 0.1) is 6.04 Å². The summed E-state index contributed by atoms with van der Waals surface area (Å²) in [5.41, 5.74) is 0.621. The molecule has 0 radical (unpaired) electrons. The van der Waals surface area contributed by atoms with Crippen LogP contribution in [0.25, 0.3) is 11.4 Å². The maximum atomic E-state index is 11.9. The molecule has 0 spiro atoms. The fourth-order valence-electron chi connectivity index (χ4n) is 1.73. The molecule has 2 N–H and O–H groups in total. The van der Waals surface area contributed by atoms with E-state index in [4.69, 9.17) is 0 Å². The van der Waals surface area contributed by atoms with E-state index in [1.165, 1.54) is 6.92 Å². The van der Waals surface area contributed by atoms with Crippen LogP contribution in [0.5, 0.6) is 0 Å². The van der Waals surface area contributed by atoms with Crippen molar-refractivity contribution in [2.45, 2.75) is 19.9 Å². The van der Waals surface area contributed by atoms with Crippen molar-refractivity contribution in [2.75, 3.05) is 0 Å². The Morgan fingerprint density at radius 2 is 1.95 bits per heavy atom. The Balaban J connectivity index is 2.33. The summed E-state index contributed by atoms with van der Waals surface area (Å²) in [4.78, 5) is 25.5. The number of carbonyl (C=O) groups is 1. The number of H-pyrrole nitrogens is 1. The first kappa shape index (κ1) is 12.9. The van der Waals surface area contributed by atoms with Crippen LogP contribution in [0.4, 0.5) is 0 Å². The van der Waals surface area contributed by atoms with E-state index in [1.807, 2.05) is 30.3 Å². The predicted octanol–water partition coefficient (Wildman–Crippen LogP) is 1.03. The van der Waals surface area contributed by atoms with Gasteiger partial charge in [-0.2, -0.15) is 0 Å². The summed E-state index contributed by atoms with van der Waals surface area (Å²) in [6.07, 6.45) is 0. The highest BCUT2D eigenvalue weighted by molar-refractivity contribution is 5.73. The number of nitrogens with zero attached hydrogens (tertiary/aromatic N) is 2. The number of aromatic amines is 1. The first-order valence-corrected chi connectivity index (χ1v) is 5.87. The third kappa shape index (κ3) is 3.04. The molecule has 19 heavy (non-hydrogen) atoms. The summed E-state index contributed by atoms with van der Waals surface area (Å²) in [5, 5.41) is 10.5. The molecule has 0 saturated heterocycles. The maximum absolute atomic E-state index is 11.9. The first-order chi connectivity index (χ1) is 9.08. The van der Waals surface area contributed by atoms with Crippen molar-refractivity contribution in [1.29, 1.82) is 0 Å². The SMILES string of the molecule is CC(=O)NC(C)c1nnc(-c2ccccc2)[nH]c1=O. The highest BCUT2D eigenvalue weighted by atomic mass is 16.1. The van der Waals surface area contributed by atoms with Gasteiger partial charge in [-0.1, -0.05) is 30.3 Å². The number of hydrogen-bond acceptors (Lipinski definition) is 4. The summed E-state index contributed by atoms with van der Waals surface area (Å²) in [7, 11) is 0. The lowest BCUT2D eigenvalue weighted by atomic mass is 10.2. The molecule has 0 aliphatic rings. The normalized spacial score (nSPS) is 11.9. The second-order valence-electron chi connectivity index (χ2n) is 4.18. The molecule has 0 aliphatic carbocycles. The maximum Gasteiger partial charge on any atom is 0.275 e. The standard InChI is InChI=1S/C13H14N4O2/c1-8(14-9(2)18)11-13(19)15-12(17-16-11)10-6-4-3-5-7-10/h3-8H,1-2H3,(H,14,18)(H,15,17,19). The Labute approximate surface area is 109 Å². The van der Waals surface area contributed by atoms with Gasteiger partial charge in [0.15, 0.2) is 11.5 Å². The number of benzene rings is 1. The molecule has 2 aromatic rings. The van der Waals surface area contributed by atoms with Crippen LogP contribution in [0.1, 0.15) is 25.6 Å². The largest absolute Gasteiger partial charge is 0.348 e. The average Bonchev–Trinajstić information content (AvgIpc) is 2.38. The van der Waals surface area contributed by atoms with Crippen molar-refractivity contribution in [3.05, 3.63) is 46.4 Å². The lowest BCUT2D eigenvalue weighted by molar-refractivity contribution is -0.119. The van der Waals surface area contributed by atoms with Crippen molar-refractivity contribution in [1.82, 2.24) is 20.5 Å². The number of rotatable bonds is 3. The van der Waals surface area contributed by atoms with Crippen molar-refractivity contribution in [2.24, 2.45) is 0 Å². The Bertz CT molecular complexity index is 637. The molecule has 2 rings (SSSR count). The van der Waals surface area contributed by atoms with Crippen LogP contribution in [0.3, 0.4) is 0 Å². The summed E-state index contributed by atoms with van der Waals surface area (Å²) in [6.45, 7) is 3.07. The molecule has 1 amide bonds. The van der Waals surface area contributed by atoms with E-state index in [2.05, 4.69) is 20.5 Å². The smallest absolute Gasteiger partial charge is 0.275 e. The van der Waals surface area contributed by atoms with Gasteiger partial charge in [-0.05, 0) is 6.92 Å². The predicted molar refractivity (Wildman–Crippen MR) is 70.3 cm³/mol. The zero-order valence-corrected chi connectivity index (χ0v) is 10.7. The molecule has 0 bridgehead atoms. The fourth-order valence-corrected chi connectivity index (χ4v) is 1.73. The van der Waals surface area contributed by atoms with Gasteiger partial charge in [0.1, 0.15) is 0 Å². The van der Waals surface area contributed by atoms with Gasteiger partial charge in [-0.15, -0.1) is 10.2 Å². The molecule has 1 heterocycles. The van der Waals surface area contributed by atoms with Crippen LogP contribution in [0.2, 0.25) is 0 Å². The van der Waals surface area contributed by atoms with Crippen molar-refractivity contribution in [3.63, 3.8) is 0 Å². The van der Waals surface area contributed by atoms with E-state index in [9.17, 15) is 9.59 Å². The zero-order valence-electron chi connectivity index (χ0n) is 10.7. The van der Waals surface area contributed by atoms with Gasteiger partial charge in [-0.3, -0.25) is 9.59 Å². The quantitative estimate of drug-likeness (QED) is 0.860. The molecular weight excluding hydrogens is 244 g/mol. The van der Waals surface area contributed by atoms with E-state index in [0.717, 1.165) is 5.56 Å². The summed E-state index contributed by atoms with van der Waals surface area (Å²) >= 11 is 0. The molecule has 0 aliphatic heterocycles. The molecule has 1 unspecified atom stereocenters. The lowest BCUT2D eigenvalue weighted by Crippen LogP contribution is -2.30. The molecule has 0 fully saturated rings. The van der Waals surface area contributed by atoms with Gasteiger partial charge in [0.2, 0.25) is 5.91 Å². The molecule has 1 aromatic carbocycles. The van der Waals surface area contributed by atoms with Crippen molar-refractivity contribution < 1.29 is 4.79 Å². The number of nitrogens with one attached hydrogen (secondary N) is 2. The summed E-state index contributed by atoms with van der Waals surface area (Å²) in [5.74, 6) is 0.185. The van der Waals surface area contributed by atoms with Crippen LogP contribution in [-0.4, -0.2) is 21.1 Å². The minimum absolute atomic E-state index is 0.190. The molecule has 6 heteroatoms. The van der Waals surface area contributed by atoms with Crippen LogP contribution < -0.4 is 10.9 Å². The van der Waals surface area contributed by atoms with E-state index in [-0.39, 0.29) is 17.2 Å². The lowest BCUT2D eigenvalue weighted by Gasteiger charge is -2.10. The van der Waals surface area contributed by atoms with Crippen molar-refractivity contribution >= 4 is 5.91 Å². The van der Waals surface area contributed by atoms with Crippen LogP contribution in [0.15, 0.2) is 35.1 Å². The van der Waals surface area contributed by atoms with E-state index >= 15 is 0 Å². The van der Waals surface area contributed by atoms with E-state index < -0.39 is 6.04 Å². The van der Waals surface area contributed by atoms with Crippen LogP contribution in [-0.2, 0) is 4.79 Å². The van der Waals surface area contributed by atoms with Gasteiger partial charge in [0.25, 0.3) is 5.56 Å². The number of aromatic nitrogens is 3.